The Kier molecular flexibility index (Phi) is 5.91. The minimum Gasteiger partial charge on any atom is -0.472 e. The molecule has 0 saturated carbocycles. The van der Waals surface area contributed by atoms with Gasteiger partial charge in [-0.1, -0.05) is 24.3 Å². The molecule has 1 aliphatic rings. The number of nitrogens with one attached hydrogen (secondary N) is 2. The average Bonchev–Trinajstić information content (AvgIpc) is 2.74. The molecule has 1 aromatic heterocycles. The van der Waals surface area contributed by atoms with Gasteiger partial charge in [0.15, 0.2) is 0 Å². The van der Waals surface area contributed by atoms with Crippen LogP contribution in [0.1, 0.15) is 28.4 Å². The van der Waals surface area contributed by atoms with E-state index in [9.17, 15) is 13.2 Å². The van der Waals surface area contributed by atoms with E-state index in [0.29, 0.717) is 10.2 Å². The third-order valence-electron chi connectivity index (χ3n) is 5.03. The van der Waals surface area contributed by atoms with Crippen molar-refractivity contribution in [3.8, 4) is 17.1 Å². The summed E-state index contributed by atoms with van der Waals surface area (Å²) in [5.74, 6) is -0.357. The molecule has 0 radical (unpaired) electrons. The maximum absolute atomic E-state index is 13.0. The van der Waals surface area contributed by atoms with Gasteiger partial charge in [-0.2, -0.15) is 4.98 Å². The van der Waals surface area contributed by atoms with Gasteiger partial charge in [0.1, 0.15) is 10.6 Å². The topological polar surface area (TPSA) is 110 Å². The molecule has 2 heterocycles. The number of hydrogen-bond acceptors (Lipinski definition) is 6. The summed E-state index contributed by atoms with van der Waals surface area (Å²) >= 11 is 3.54. The van der Waals surface area contributed by atoms with Crippen molar-refractivity contribution in [2.75, 3.05) is 11.3 Å². The van der Waals surface area contributed by atoms with E-state index in [-0.39, 0.29) is 28.8 Å². The number of hydrogen-bond donors (Lipinski definition) is 2. The predicted octanol–water partition coefficient (Wildman–Crippen LogP) is 3.83. The van der Waals surface area contributed by atoms with Gasteiger partial charge in [0.05, 0.1) is 17.1 Å². The molecule has 2 N–H and O–H groups in total. The van der Waals surface area contributed by atoms with Crippen LogP contribution in [0.5, 0.6) is 5.88 Å². The highest BCUT2D eigenvalue weighted by molar-refractivity contribution is 9.10. The number of sulfonamides is 1. The van der Waals surface area contributed by atoms with E-state index in [0.717, 1.165) is 16.7 Å². The fraction of sp³-hybridized carbons (Fsp3) is 0.227. The van der Waals surface area contributed by atoms with Gasteiger partial charge in [0, 0.05) is 11.1 Å². The van der Waals surface area contributed by atoms with Crippen LogP contribution in [0.15, 0.2) is 51.8 Å². The lowest BCUT2D eigenvalue weighted by molar-refractivity contribution is 0.0930. The predicted molar refractivity (Wildman–Crippen MR) is 124 cm³/mol. The van der Waals surface area contributed by atoms with Crippen LogP contribution >= 0.6 is 15.9 Å². The first kappa shape index (κ1) is 22.2. The molecule has 4 rings (SSSR count). The van der Waals surface area contributed by atoms with Gasteiger partial charge in [-0.3, -0.25) is 4.79 Å². The van der Waals surface area contributed by atoms with Crippen LogP contribution in [0.3, 0.4) is 0 Å². The van der Waals surface area contributed by atoms with Crippen molar-refractivity contribution in [2.24, 2.45) is 0 Å². The number of anilines is 1. The number of benzene rings is 2. The maximum Gasteiger partial charge on any atom is 0.264 e. The Bertz CT molecular complexity index is 1310. The molecule has 0 unspecified atom stereocenters. The summed E-state index contributed by atoms with van der Waals surface area (Å²) in [7, 11) is -4.05. The number of carbonyl (C=O) groups excluding carboxylic acids is 1. The first-order valence-corrected chi connectivity index (χ1v) is 12.1. The Morgan fingerprint density at radius 3 is 2.50 bits per heavy atom. The summed E-state index contributed by atoms with van der Waals surface area (Å²) in [6, 6.07) is 11.6. The molecule has 1 amide bonds. The number of carbonyl (C=O) groups is 1. The number of rotatable bonds is 1. The molecule has 4 bridgehead atoms. The summed E-state index contributed by atoms with van der Waals surface area (Å²) in [6.07, 6.45) is -0.440. The summed E-state index contributed by atoms with van der Waals surface area (Å²) in [5, 5.41) is 2.76. The number of ether oxygens (including phenoxy) is 1. The maximum atomic E-state index is 13.0. The molecule has 1 aliphatic heterocycles. The van der Waals surface area contributed by atoms with E-state index in [2.05, 4.69) is 35.9 Å². The molecule has 0 aliphatic carbocycles. The fourth-order valence-electron chi connectivity index (χ4n) is 3.46. The monoisotopic (exact) mass is 516 g/mol. The Morgan fingerprint density at radius 1 is 1.09 bits per heavy atom. The number of aromatic nitrogens is 2. The molecule has 3 aromatic rings. The molecule has 10 heteroatoms. The van der Waals surface area contributed by atoms with Gasteiger partial charge < -0.3 is 10.1 Å². The number of aryl methyl sites for hydroxylation is 2. The van der Waals surface area contributed by atoms with E-state index in [1.807, 2.05) is 32.0 Å². The Balaban J connectivity index is 1.92. The lowest BCUT2D eigenvalue weighted by Gasteiger charge is -2.19. The van der Waals surface area contributed by atoms with E-state index >= 15 is 0 Å². The Hall–Kier alpha value is -2.98. The molecule has 32 heavy (non-hydrogen) atoms. The fourth-order valence-corrected chi connectivity index (χ4v) is 4.92. The summed E-state index contributed by atoms with van der Waals surface area (Å²) in [4.78, 5) is 21.2. The van der Waals surface area contributed by atoms with Crippen LogP contribution in [0.25, 0.3) is 11.3 Å². The van der Waals surface area contributed by atoms with Crippen LogP contribution in [0, 0.1) is 13.8 Å². The molecular weight excluding hydrogens is 496 g/mol. The Labute approximate surface area is 194 Å². The average molecular weight is 517 g/mol. The van der Waals surface area contributed by atoms with Crippen molar-refractivity contribution in [2.45, 2.75) is 31.8 Å². The normalized spacial score (nSPS) is 17.6. The molecule has 8 nitrogen and oxygen atoms in total. The zero-order valence-corrected chi connectivity index (χ0v) is 20.0. The quantitative estimate of drug-likeness (QED) is 0.508. The third-order valence-corrected chi connectivity index (χ3v) is 7.07. The number of amides is 1. The van der Waals surface area contributed by atoms with Gasteiger partial charge in [0.25, 0.3) is 15.9 Å². The lowest BCUT2D eigenvalue weighted by atomic mass is 10.00. The SMILES string of the molecule is Cc1cccc(C)c1-c1nc2nc(c1Br)O[C@H](C)CNC(=O)c1cccc(c1)S(=O)(=O)N2. The van der Waals surface area contributed by atoms with Crippen molar-refractivity contribution in [3.63, 3.8) is 0 Å². The van der Waals surface area contributed by atoms with Gasteiger partial charge in [-0.15, -0.1) is 0 Å². The molecule has 0 saturated heterocycles. The lowest BCUT2D eigenvalue weighted by Crippen LogP contribution is -2.33. The van der Waals surface area contributed by atoms with Crippen LogP contribution < -0.4 is 14.8 Å². The molecule has 0 fully saturated rings. The van der Waals surface area contributed by atoms with Gasteiger partial charge in [-0.05, 0) is 66.0 Å². The van der Waals surface area contributed by atoms with Crippen LogP contribution in [0.2, 0.25) is 0 Å². The Morgan fingerprint density at radius 2 is 1.78 bits per heavy atom. The number of nitrogens with zero attached hydrogens (tertiary/aromatic N) is 2. The highest BCUT2D eigenvalue weighted by Gasteiger charge is 2.24. The van der Waals surface area contributed by atoms with Crippen molar-refractivity contribution < 1.29 is 17.9 Å². The van der Waals surface area contributed by atoms with Gasteiger partial charge in [-0.25, -0.2) is 18.1 Å². The minimum absolute atomic E-state index is 0.0694. The summed E-state index contributed by atoms with van der Waals surface area (Å²) in [5.41, 5.74) is 3.51. The van der Waals surface area contributed by atoms with E-state index in [1.165, 1.54) is 18.2 Å². The molecule has 2 aromatic carbocycles. The third kappa shape index (κ3) is 4.33. The summed E-state index contributed by atoms with van der Waals surface area (Å²) < 4.78 is 35.0. The highest BCUT2D eigenvalue weighted by atomic mass is 79.9. The van der Waals surface area contributed by atoms with Gasteiger partial charge >= 0.3 is 0 Å². The van der Waals surface area contributed by atoms with E-state index < -0.39 is 22.0 Å². The number of fused-ring (bicyclic) bond motifs is 4. The molecule has 1 atom stereocenters. The largest absolute Gasteiger partial charge is 0.472 e. The minimum atomic E-state index is -4.05. The standard InChI is InChI=1S/C22H21BrN4O4S/c1-12-6-4-7-13(2)17(12)19-18(23)21-26-22(25-19)27-32(29,30)16-9-5-8-15(10-16)20(28)24-11-14(3)31-21/h4-10,14H,11H2,1-3H3,(H,24,28)(H,25,26,27)/t14-/m1/s1. The second kappa shape index (κ2) is 8.51. The first-order chi connectivity index (χ1) is 15.2. The van der Waals surface area contributed by atoms with Crippen LogP contribution in [0.4, 0.5) is 5.95 Å². The molecule has 166 valence electrons. The van der Waals surface area contributed by atoms with Gasteiger partial charge in [0.2, 0.25) is 11.8 Å². The second-order valence-electron chi connectivity index (χ2n) is 7.55. The van der Waals surface area contributed by atoms with Crippen molar-refractivity contribution in [1.82, 2.24) is 15.3 Å². The van der Waals surface area contributed by atoms with E-state index in [1.54, 1.807) is 13.0 Å². The zero-order chi connectivity index (χ0) is 23.0. The zero-order valence-electron chi connectivity index (χ0n) is 17.6. The smallest absolute Gasteiger partial charge is 0.264 e. The van der Waals surface area contributed by atoms with Crippen molar-refractivity contribution in [1.29, 1.82) is 0 Å². The first-order valence-electron chi connectivity index (χ1n) is 9.87. The second-order valence-corrected chi connectivity index (χ2v) is 10.0. The molecule has 0 spiro atoms. The molecular formula is C22H21BrN4O4S. The highest BCUT2D eigenvalue weighted by Crippen LogP contribution is 2.38. The van der Waals surface area contributed by atoms with E-state index in [4.69, 9.17) is 4.74 Å². The summed E-state index contributed by atoms with van der Waals surface area (Å²) in [6.45, 7) is 5.89. The van der Waals surface area contributed by atoms with Crippen LogP contribution in [-0.2, 0) is 10.0 Å². The number of halogens is 1. The van der Waals surface area contributed by atoms with Crippen molar-refractivity contribution >= 4 is 37.8 Å². The van der Waals surface area contributed by atoms with Crippen LogP contribution in [-0.4, -0.2) is 36.9 Å². The van der Waals surface area contributed by atoms with Crippen molar-refractivity contribution in [3.05, 3.63) is 63.6 Å².